The summed E-state index contributed by atoms with van der Waals surface area (Å²) in [5, 5.41) is 3.42. The molecule has 1 N–H and O–H groups in total. The van der Waals surface area contributed by atoms with E-state index in [2.05, 4.69) is 5.32 Å². The highest BCUT2D eigenvalue weighted by Gasteiger charge is 2.32. The van der Waals surface area contributed by atoms with Crippen LogP contribution in [0.3, 0.4) is 0 Å². The molecule has 4 heteroatoms. The molecule has 0 unspecified atom stereocenters. The van der Waals surface area contributed by atoms with E-state index in [9.17, 15) is 9.18 Å². The van der Waals surface area contributed by atoms with Crippen LogP contribution in [-0.2, 0) is 6.54 Å². The van der Waals surface area contributed by atoms with Crippen LogP contribution in [-0.4, -0.2) is 10.8 Å². The summed E-state index contributed by atoms with van der Waals surface area (Å²) in [5.74, 6) is -0.326. The minimum Gasteiger partial charge on any atom is -0.361 e. The molecule has 0 bridgehead atoms. The zero-order chi connectivity index (χ0) is 17.2. The fourth-order valence-corrected chi connectivity index (χ4v) is 3.14. The van der Waals surface area contributed by atoms with Gasteiger partial charge < -0.3 is 10.2 Å². The van der Waals surface area contributed by atoms with Crippen LogP contribution in [0.2, 0.25) is 0 Å². The van der Waals surface area contributed by atoms with Crippen molar-refractivity contribution in [2.75, 3.05) is 5.32 Å². The fourth-order valence-electron chi connectivity index (χ4n) is 3.14. The second kappa shape index (κ2) is 6.40. The Kier molecular flexibility index (Phi) is 3.94. The molecule has 1 aliphatic heterocycles. The van der Waals surface area contributed by atoms with Crippen LogP contribution >= 0.6 is 0 Å². The molecule has 0 fully saturated rings. The molecule has 0 saturated carbocycles. The SMILES string of the molecule is O=C1c2ccccc2N[C@@H](c2ccc(F)cc2)N1Cc1ccccc1. The zero-order valence-corrected chi connectivity index (χ0v) is 13.5. The number of hydrogen-bond donors (Lipinski definition) is 1. The van der Waals surface area contributed by atoms with Crippen LogP contribution in [0.25, 0.3) is 0 Å². The van der Waals surface area contributed by atoms with Gasteiger partial charge in [0.05, 0.1) is 5.56 Å². The highest BCUT2D eigenvalue weighted by molar-refractivity contribution is 6.01. The molecule has 124 valence electrons. The summed E-state index contributed by atoms with van der Waals surface area (Å²) in [6.45, 7) is 0.475. The topological polar surface area (TPSA) is 32.3 Å². The molecule has 4 rings (SSSR count). The number of fused-ring (bicyclic) bond motifs is 1. The van der Waals surface area contributed by atoms with E-state index >= 15 is 0 Å². The Morgan fingerprint density at radius 1 is 0.880 bits per heavy atom. The van der Waals surface area contributed by atoms with E-state index in [1.165, 1.54) is 12.1 Å². The second-order valence-electron chi connectivity index (χ2n) is 6.06. The van der Waals surface area contributed by atoms with E-state index in [4.69, 9.17) is 0 Å². The maximum atomic E-state index is 13.3. The minimum absolute atomic E-state index is 0.0347. The van der Waals surface area contributed by atoms with E-state index in [1.54, 1.807) is 17.0 Å². The third-order valence-corrected chi connectivity index (χ3v) is 4.40. The lowest BCUT2D eigenvalue weighted by atomic mass is 10.0. The Hall–Kier alpha value is -3.14. The number of para-hydroxylation sites is 1. The second-order valence-corrected chi connectivity index (χ2v) is 6.06. The average molecular weight is 332 g/mol. The van der Waals surface area contributed by atoms with Gasteiger partial charge >= 0.3 is 0 Å². The zero-order valence-electron chi connectivity index (χ0n) is 13.5. The highest BCUT2D eigenvalue weighted by atomic mass is 19.1. The number of halogens is 1. The number of carbonyl (C=O) groups excluding carboxylic acids is 1. The quantitative estimate of drug-likeness (QED) is 0.761. The van der Waals surface area contributed by atoms with E-state index in [-0.39, 0.29) is 17.9 Å². The standard InChI is InChI=1S/C21H17FN2O/c22-17-12-10-16(11-13-17)20-23-19-9-5-4-8-18(19)21(25)24(20)14-15-6-2-1-3-7-15/h1-13,20,23H,14H2/t20-/m1/s1. The van der Waals surface area contributed by atoms with Gasteiger partial charge in [-0.05, 0) is 35.4 Å². The number of rotatable bonds is 3. The lowest BCUT2D eigenvalue weighted by molar-refractivity contribution is 0.0666. The van der Waals surface area contributed by atoms with E-state index in [0.29, 0.717) is 12.1 Å². The van der Waals surface area contributed by atoms with Crippen molar-refractivity contribution in [1.29, 1.82) is 0 Å². The van der Waals surface area contributed by atoms with Crippen molar-refractivity contribution in [1.82, 2.24) is 4.90 Å². The molecular formula is C21H17FN2O. The molecule has 0 aromatic heterocycles. The molecular weight excluding hydrogens is 315 g/mol. The summed E-state index contributed by atoms with van der Waals surface area (Å²) in [6.07, 6.45) is -0.344. The Morgan fingerprint density at radius 2 is 1.56 bits per heavy atom. The molecule has 1 amide bonds. The van der Waals surface area contributed by atoms with Gasteiger partial charge in [0.15, 0.2) is 0 Å². The highest BCUT2D eigenvalue weighted by Crippen LogP contribution is 2.34. The first-order chi connectivity index (χ1) is 12.2. The maximum Gasteiger partial charge on any atom is 0.258 e. The summed E-state index contributed by atoms with van der Waals surface area (Å²) < 4.78 is 13.3. The molecule has 1 heterocycles. The van der Waals surface area contributed by atoms with E-state index < -0.39 is 0 Å². The molecule has 3 nitrogen and oxygen atoms in total. The van der Waals surface area contributed by atoms with Gasteiger partial charge in [-0.1, -0.05) is 54.6 Å². The first kappa shape index (κ1) is 15.4. The van der Waals surface area contributed by atoms with Crippen molar-refractivity contribution in [3.63, 3.8) is 0 Å². The Bertz CT molecular complexity index is 893. The first-order valence-corrected chi connectivity index (χ1v) is 8.18. The Labute approximate surface area is 145 Å². The monoisotopic (exact) mass is 332 g/mol. The van der Waals surface area contributed by atoms with Gasteiger partial charge in [0.1, 0.15) is 12.0 Å². The number of anilines is 1. The Morgan fingerprint density at radius 3 is 2.32 bits per heavy atom. The van der Waals surface area contributed by atoms with Crippen LogP contribution < -0.4 is 5.32 Å². The minimum atomic E-state index is -0.344. The molecule has 3 aromatic rings. The van der Waals surface area contributed by atoms with Crippen molar-refractivity contribution < 1.29 is 9.18 Å². The molecule has 1 aliphatic rings. The number of nitrogens with one attached hydrogen (secondary N) is 1. The van der Waals surface area contributed by atoms with E-state index in [1.807, 2.05) is 54.6 Å². The summed E-state index contributed by atoms with van der Waals surface area (Å²) in [5.41, 5.74) is 3.34. The normalized spacial score (nSPS) is 16.3. The van der Waals surface area contributed by atoms with Gasteiger partial charge in [-0.25, -0.2) is 4.39 Å². The fraction of sp³-hybridized carbons (Fsp3) is 0.0952. The Balaban J connectivity index is 1.75. The molecule has 0 radical (unpaired) electrons. The molecule has 0 spiro atoms. The summed E-state index contributed by atoms with van der Waals surface area (Å²) >= 11 is 0. The number of hydrogen-bond acceptors (Lipinski definition) is 2. The van der Waals surface area contributed by atoms with Gasteiger partial charge in [0.2, 0.25) is 0 Å². The largest absolute Gasteiger partial charge is 0.361 e. The van der Waals surface area contributed by atoms with Crippen LogP contribution in [0.4, 0.5) is 10.1 Å². The van der Waals surface area contributed by atoms with Crippen molar-refractivity contribution in [3.8, 4) is 0 Å². The molecule has 25 heavy (non-hydrogen) atoms. The van der Waals surface area contributed by atoms with Gasteiger partial charge in [0.25, 0.3) is 5.91 Å². The van der Waals surface area contributed by atoms with Crippen LogP contribution in [0.1, 0.15) is 27.7 Å². The molecule has 0 aliphatic carbocycles. The van der Waals surface area contributed by atoms with Gasteiger partial charge in [-0.3, -0.25) is 4.79 Å². The third-order valence-electron chi connectivity index (χ3n) is 4.40. The lowest BCUT2D eigenvalue weighted by Crippen LogP contribution is -2.42. The number of benzene rings is 3. The number of amides is 1. The van der Waals surface area contributed by atoms with E-state index in [0.717, 1.165) is 16.8 Å². The molecule has 0 saturated heterocycles. The van der Waals surface area contributed by atoms with Gasteiger partial charge in [0, 0.05) is 12.2 Å². The van der Waals surface area contributed by atoms with Crippen LogP contribution in [0.15, 0.2) is 78.9 Å². The van der Waals surface area contributed by atoms with Crippen molar-refractivity contribution in [3.05, 3.63) is 101 Å². The van der Waals surface area contributed by atoms with Crippen molar-refractivity contribution in [2.24, 2.45) is 0 Å². The number of carbonyl (C=O) groups is 1. The smallest absolute Gasteiger partial charge is 0.258 e. The molecule has 1 atom stereocenters. The average Bonchev–Trinajstić information content (AvgIpc) is 2.65. The third kappa shape index (κ3) is 2.98. The summed E-state index contributed by atoms with van der Waals surface area (Å²) in [4.78, 5) is 14.9. The van der Waals surface area contributed by atoms with Gasteiger partial charge in [-0.2, -0.15) is 0 Å². The van der Waals surface area contributed by atoms with Crippen LogP contribution in [0.5, 0.6) is 0 Å². The lowest BCUT2D eigenvalue weighted by Gasteiger charge is -2.38. The number of nitrogens with zero attached hydrogens (tertiary/aromatic N) is 1. The van der Waals surface area contributed by atoms with Crippen molar-refractivity contribution >= 4 is 11.6 Å². The van der Waals surface area contributed by atoms with Gasteiger partial charge in [-0.15, -0.1) is 0 Å². The first-order valence-electron chi connectivity index (χ1n) is 8.18. The predicted octanol–water partition coefficient (Wildman–Crippen LogP) is 4.59. The predicted molar refractivity (Wildman–Crippen MR) is 95.5 cm³/mol. The summed E-state index contributed by atoms with van der Waals surface area (Å²) in [7, 11) is 0. The molecule has 3 aromatic carbocycles. The summed E-state index contributed by atoms with van der Waals surface area (Å²) in [6, 6.07) is 23.6. The van der Waals surface area contributed by atoms with Crippen LogP contribution in [0, 0.1) is 5.82 Å². The van der Waals surface area contributed by atoms with Crippen molar-refractivity contribution in [2.45, 2.75) is 12.7 Å². The maximum absolute atomic E-state index is 13.3.